The SMILES string of the molecule is Cc1ccc(O[C@@H](C)C(=O)Nc2nnc(C3CC3)s2)cc1. The molecule has 1 aliphatic carbocycles. The number of carbonyl (C=O) groups is 1. The summed E-state index contributed by atoms with van der Waals surface area (Å²) in [5, 5.41) is 12.4. The summed E-state index contributed by atoms with van der Waals surface area (Å²) in [6.07, 6.45) is 1.77. The third kappa shape index (κ3) is 3.58. The zero-order chi connectivity index (χ0) is 14.8. The monoisotopic (exact) mass is 303 g/mol. The van der Waals surface area contributed by atoms with E-state index in [-0.39, 0.29) is 5.91 Å². The second-order valence-electron chi connectivity index (χ2n) is 5.28. The van der Waals surface area contributed by atoms with Crippen molar-refractivity contribution >= 4 is 22.4 Å². The Morgan fingerprint density at radius 3 is 2.71 bits per heavy atom. The summed E-state index contributed by atoms with van der Waals surface area (Å²) < 4.78 is 5.61. The first-order chi connectivity index (χ1) is 10.1. The van der Waals surface area contributed by atoms with Gasteiger partial charge in [0.15, 0.2) is 6.10 Å². The number of nitrogens with zero attached hydrogens (tertiary/aromatic N) is 2. The van der Waals surface area contributed by atoms with Gasteiger partial charge in [0, 0.05) is 5.92 Å². The standard InChI is InChI=1S/C15H17N3O2S/c1-9-3-7-12(8-4-9)20-10(2)13(19)16-15-18-17-14(21-15)11-5-6-11/h3-4,7-8,10-11H,5-6H2,1-2H3,(H,16,18,19)/t10-/m0/s1. The molecule has 0 spiro atoms. The minimum absolute atomic E-state index is 0.214. The lowest BCUT2D eigenvalue weighted by molar-refractivity contribution is -0.122. The number of hydrogen-bond acceptors (Lipinski definition) is 5. The number of aromatic nitrogens is 2. The highest BCUT2D eigenvalue weighted by Crippen LogP contribution is 2.42. The van der Waals surface area contributed by atoms with Gasteiger partial charge in [-0.3, -0.25) is 10.1 Å². The average Bonchev–Trinajstić information content (AvgIpc) is 3.22. The molecule has 1 aromatic heterocycles. The maximum Gasteiger partial charge on any atom is 0.266 e. The first-order valence-corrected chi connectivity index (χ1v) is 7.81. The first kappa shape index (κ1) is 14.0. The topological polar surface area (TPSA) is 64.1 Å². The van der Waals surface area contributed by atoms with E-state index in [4.69, 9.17) is 4.74 Å². The van der Waals surface area contributed by atoms with Gasteiger partial charge < -0.3 is 4.74 Å². The van der Waals surface area contributed by atoms with Crippen LogP contribution in [0.3, 0.4) is 0 Å². The highest BCUT2D eigenvalue weighted by molar-refractivity contribution is 7.15. The summed E-state index contributed by atoms with van der Waals surface area (Å²) in [7, 11) is 0. The van der Waals surface area contributed by atoms with Gasteiger partial charge in [-0.2, -0.15) is 0 Å². The van der Waals surface area contributed by atoms with Gasteiger partial charge in [0.25, 0.3) is 5.91 Å². The van der Waals surface area contributed by atoms with Crippen LogP contribution in [0, 0.1) is 6.92 Å². The molecule has 1 saturated carbocycles. The number of aryl methyl sites for hydroxylation is 1. The van der Waals surface area contributed by atoms with Gasteiger partial charge in [-0.15, -0.1) is 10.2 Å². The zero-order valence-electron chi connectivity index (χ0n) is 12.0. The largest absolute Gasteiger partial charge is 0.481 e. The Morgan fingerprint density at radius 2 is 2.05 bits per heavy atom. The van der Waals surface area contributed by atoms with E-state index in [1.807, 2.05) is 31.2 Å². The van der Waals surface area contributed by atoms with E-state index in [2.05, 4.69) is 15.5 Å². The van der Waals surface area contributed by atoms with E-state index in [1.54, 1.807) is 6.92 Å². The van der Waals surface area contributed by atoms with Crippen molar-refractivity contribution in [2.24, 2.45) is 0 Å². The van der Waals surface area contributed by atoms with E-state index in [9.17, 15) is 4.79 Å². The fourth-order valence-corrected chi connectivity index (χ4v) is 2.78. The summed E-state index contributed by atoms with van der Waals surface area (Å²) in [5.41, 5.74) is 1.15. The average molecular weight is 303 g/mol. The number of hydrogen-bond donors (Lipinski definition) is 1. The quantitative estimate of drug-likeness (QED) is 0.921. The molecule has 6 heteroatoms. The predicted molar refractivity (Wildman–Crippen MR) is 81.8 cm³/mol. The molecule has 1 aromatic carbocycles. The van der Waals surface area contributed by atoms with Gasteiger partial charge in [-0.05, 0) is 38.8 Å². The van der Waals surface area contributed by atoms with Crippen LogP contribution in [0.2, 0.25) is 0 Å². The Morgan fingerprint density at radius 1 is 1.33 bits per heavy atom. The molecular formula is C15H17N3O2S. The second kappa shape index (κ2) is 5.81. The molecular weight excluding hydrogens is 286 g/mol. The number of anilines is 1. The van der Waals surface area contributed by atoms with Gasteiger partial charge in [0.1, 0.15) is 10.8 Å². The number of carbonyl (C=O) groups excluding carboxylic acids is 1. The molecule has 1 fully saturated rings. The second-order valence-corrected chi connectivity index (χ2v) is 6.29. The molecule has 0 unspecified atom stereocenters. The van der Waals surface area contributed by atoms with Crippen molar-refractivity contribution in [3.8, 4) is 5.75 Å². The summed E-state index contributed by atoms with van der Waals surface area (Å²) in [6, 6.07) is 7.61. The summed E-state index contributed by atoms with van der Waals surface area (Å²) >= 11 is 1.45. The van der Waals surface area contributed by atoms with Crippen molar-refractivity contribution < 1.29 is 9.53 Å². The van der Waals surface area contributed by atoms with Crippen LogP contribution in [-0.2, 0) is 4.79 Å². The van der Waals surface area contributed by atoms with Crippen LogP contribution in [0.5, 0.6) is 5.75 Å². The number of rotatable bonds is 5. The molecule has 1 N–H and O–H groups in total. The fraction of sp³-hybridized carbons (Fsp3) is 0.400. The highest BCUT2D eigenvalue weighted by Gasteiger charge is 2.28. The van der Waals surface area contributed by atoms with Gasteiger partial charge in [0.2, 0.25) is 5.13 Å². The van der Waals surface area contributed by atoms with Crippen LogP contribution in [0.25, 0.3) is 0 Å². The molecule has 1 atom stereocenters. The molecule has 0 radical (unpaired) electrons. The van der Waals surface area contributed by atoms with Crippen molar-refractivity contribution in [2.45, 2.75) is 38.7 Å². The van der Waals surface area contributed by atoms with Crippen LogP contribution in [0.1, 0.15) is 36.3 Å². The summed E-state index contributed by atoms with van der Waals surface area (Å²) in [5.74, 6) is 1.02. The lowest BCUT2D eigenvalue weighted by Gasteiger charge is -2.13. The highest BCUT2D eigenvalue weighted by atomic mass is 32.1. The molecule has 5 nitrogen and oxygen atoms in total. The normalized spacial score (nSPS) is 15.5. The summed E-state index contributed by atoms with van der Waals surface area (Å²) in [6.45, 7) is 3.73. The lowest BCUT2D eigenvalue weighted by atomic mass is 10.2. The van der Waals surface area contributed by atoms with Crippen LogP contribution < -0.4 is 10.1 Å². The Balaban J connectivity index is 1.57. The van der Waals surface area contributed by atoms with Crippen molar-refractivity contribution in [1.29, 1.82) is 0 Å². The third-order valence-corrected chi connectivity index (χ3v) is 4.30. The first-order valence-electron chi connectivity index (χ1n) is 6.99. The molecule has 110 valence electrons. The fourth-order valence-electron chi connectivity index (χ4n) is 1.86. The Bertz CT molecular complexity index is 635. The third-order valence-electron chi connectivity index (χ3n) is 3.30. The molecule has 0 bridgehead atoms. The van der Waals surface area contributed by atoms with Crippen molar-refractivity contribution in [3.05, 3.63) is 34.8 Å². The lowest BCUT2D eigenvalue weighted by Crippen LogP contribution is -2.30. The van der Waals surface area contributed by atoms with E-state index in [0.717, 1.165) is 10.6 Å². The van der Waals surface area contributed by atoms with Crippen LogP contribution in [0.15, 0.2) is 24.3 Å². The molecule has 1 heterocycles. The van der Waals surface area contributed by atoms with Gasteiger partial charge in [0.05, 0.1) is 0 Å². The molecule has 1 aliphatic rings. The van der Waals surface area contributed by atoms with Gasteiger partial charge in [-0.25, -0.2) is 0 Å². The Hall–Kier alpha value is -1.95. The van der Waals surface area contributed by atoms with Crippen molar-refractivity contribution in [2.75, 3.05) is 5.32 Å². The molecule has 0 aliphatic heterocycles. The van der Waals surface area contributed by atoms with Crippen LogP contribution in [-0.4, -0.2) is 22.2 Å². The van der Waals surface area contributed by atoms with E-state index in [1.165, 1.54) is 24.2 Å². The maximum atomic E-state index is 12.1. The van der Waals surface area contributed by atoms with Gasteiger partial charge in [-0.1, -0.05) is 29.0 Å². The zero-order valence-corrected chi connectivity index (χ0v) is 12.8. The number of nitrogens with one attached hydrogen (secondary N) is 1. The molecule has 0 saturated heterocycles. The van der Waals surface area contributed by atoms with Crippen LogP contribution >= 0.6 is 11.3 Å². The molecule has 21 heavy (non-hydrogen) atoms. The smallest absolute Gasteiger partial charge is 0.266 e. The van der Waals surface area contributed by atoms with Crippen LogP contribution in [0.4, 0.5) is 5.13 Å². The minimum Gasteiger partial charge on any atom is -0.481 e. The molecule has 3 rings (SSSR count). The number of ether oxygens (including phenoxy) is 1. The Labute approximate surface area is 127 Å². The predicted octanol–water partition coefficient (Wildman–Crippen LogP) is 3.13. The van der Waals surface area contributed by atoms with Gasteiger partial charge >= 0.3 is 0 Å². The number of benzene rings is 1. The summed E-state index contributed by atoms with van der Waals surface area (Å²) in [4.78, 5) is 12.1. The Kier molecular flexibility index (Phi) is 3.88. The molecule has 2 aromatic rings. The van der Waals surface area contributed by atoms with E-state index >= 15 is 0 Å². The number of amides is 1. The molecule has 1 amide bonds. The van der Waals surface area contributed by atoms with E-state index in [0.29, 0.717) is 16.8 Å². The van der Waals surface area contributed by atoms with E-state index < -0.39 is 6.10 Å². The maximum absolute atomic E-state index is 12.1. The van der Waals surface area contributed by atoms with Crippen molar-refractivity contribution in [3.63, 3.8) is 0 Å². The van der Waals surface area contributed by atoms with Crippen molar-refractivity contribution in [1.82, 2.24) is 10.2 Å². The minimum atomic E-state index is -0.582.